The number of aromatic hydroxyl groups is 1. The summed E-state index contributed by atoms with van der Waals surface area (Å²) in [6, 6.07) is 2.88. The maximum Gasteiger partial charge on any atom is 0.223 e. The van der Waals surface area contributed by atoms with Crippen LogP contribution in [0, 0.1) is 0 Å². The number of carbonyl (C=O) groups excluding carboxylic acids is 1. The van der Waals surface area contributed by atoms with E-state index >= 15 is 0 Å². The molecule has 0 aliphatic carbocycles. The van der Waals surface area contributed by atoms with Gasteiger partial charge < -0.3 is 15.1 Å². The first-order valence-corrected chi connectivity index (χ1v) is 7.39. The number of fused-ring (bicyclic) bond motifs is 1. The number of benzene rings is 1. The molecular formula is C14H15Cl2NO3. The Balaban J connectivity index is 1.94. The minimum absolute atomic E-state index is 0.0560. The number of phenolic OH excluding ortho intramolecular Hbond substituents is 1. The molecule has 0 aromatic heterocycles. The molecule has 108 valence electrons. The van der Waals surface area contributed by atoms with Crippen LogP contribution >= 0.6 is 23.2 Å². The van der Waals surface area contributed by atoms with Gasteiger partial charge in [-0.1, -0.05) is 23.2 Å². The Morgan fingerprint density at radius 3 is 2.75 bits per heavy atom. The summed E-state index contributed by atoms with van der Waals surface area (Å²) in [5, 5.41) is 20.8. The molecule has 2 fully saturated rings. The minimum Gasteiger partial charge on any atom is -0.508 e. The summed E-state index contributed by atoms with van der Waals surface area (Å²) in [5.41, 5.74) is 0.577. The fourth-order valence-electron chi connectivity index (χ4n) is 3.28. The second-order valence-corrected chi connectivity index (χ2v) is 6.23. The lowest BCUT2D eigenvalue weighted by Gasteiger charge is -2.33. The van der Waals surface area contributed by atoms with Crippen LogP contribution in [0.5, 0.6) is 5.75 Å². The molecule has 1 aromatic carbocycles. The molecule has 6 heteroatoms. The fourth-order valence-corrected chi connectivity index (χ4v) is 3.76. The smallest absolute Gasteiger partial charge is 0.223 e. The molecule has 2 N–H and O–H groups in total. The molecule has 1 aromatic rings. The number of aliphatic hydroxyl groups excluding tert-OH is 1. The van der Waals surface area contributed by atoms with Crippen LogP contribution in [0.1, 0.15) is 30.7 Å². The van der Waals surface area contributed by atoms with Gasteiger partial charge in [-0.15, -0.1) is 0 Å². The zero-order chi connectivity index (χ0) is 14.4. The number of phenols is 1. The second kappa shape index (κ2) is 5.10. The van der Waals surface area contributed by atoms with Crippen molar-refractivity contribution in [3.63, 3.8) is 0 Å². The molecule has 20 heavy (non-hydrogen) atoms. The van der Waals surface area contributed by atoms with Crippen LogP contribution in [0.3, 0.4) is 0 Å². The van der Waals surface area contributed by atoms with Crippen molar-refractivity contribution in [2.45, 2.75) is 37.3 Å². The van der Waals surface area contributed by atoms with E-state index in [4.69, 9.17) is 23.2 Å². The highest BCUT2D eigenvalue weighted by molar-refractivity contribution is 6.42. The molecule has 2 aliphatic heterocycles. The highest BCUT2D eigenvalue weighted by atomic mass is 35.5. The SMILES string of the molecule is O=C1CCC(O)[C@@H]2C[C@H](c3c(O)ccc(Cl)c3Cl)CN12. The van der Waals surface area contributed by atoms with Crippen LogP contribution in [-0.2, 0) is 4.79 Å². The molecule has 0 radical (unpaired) electrons. The summed E-state index contributed by atoms with van der Waals surface area (Å²) < 4.78 is 0. The van der Waals surface area contributed by atoms with Crippen LogP contribution in [0.2, 0.25) is 10.0 Å². The van der Waals surface area contributed by atoms with Gasteiger partial charge in [0, 0.05) is 24.4 Å². The molecule has 3 atom stereocenters. The number of amides is 1. The Morgan fingerprint density at radius 1 is 1.30 bits per heavy atom. The number of nitrogens with zero attached hydrogens (tertiary/aromatic N) is 1. The number of halogens is 2. The standard InChI is InChI=1S/C14H15Cl2NO3/c15-8-1-2-11(19)13(14(8)16)7-5-9-10(18)3-4-12(20)17(9)6-7/h1-2,7,9-10,18-19H,3-6H2/t7-,9-,10?/m0/s1. The third kappa shape index (κ3) is 2.16. The maximum absolute atomic E-state index is 11.9. The highest BCUT2D eigenvalue weighted by Gasteiger charge is 2.43. The van der Waals surface area contributed by atoms with Gasteiger partial charge in [0.25, 0.3) is 0 Å². The molecule has 1 unspecified atom stereocenters. The molecule has 2 aliphatic rings. The second-order valence-electron chi connectivity index (χ2n) is 5.45. The van der Waals surface area contributed by atoms with Gasteiger partial charge in [0.05, 0.1) is 22.2 Å². The summed E-state index contributed by atoms with van der Waals surface area (Å²) in [6.45, 7) is 0.466. The van der Waals surface area contributed by atoms with Gasteiger partial charge in [-0.2, -0.15) is 0 Å². The Morgan fingerprint density at radius 2 is 2.05 bits per heavy atom. The van der Waals surface area contributed by atoms with E-state index in [1.807, 2.05) is 0 Å². The van der Waals surface area contributed by atoms with E-state index < -0.39 is 6.10 Å². The van der Waals surface area contributed by atoms with E-state index in [1.54, 1.807) is 11.0 Å². The van der Waals surface area contributed by atoms with Gasteiger partial charge in [-0.05, 0) is 25.0 Å². The predicted molar refractivity (Wildman–Crippen MR) is 76.2 cm³/mol. The number of aliphatic hydroxyl groups is 1. The van der Waals surface area contributed by atoms with Gasteiger partial charge in [-0.25, -0.2) is 0 Å². The van der Waals surface area contributed by atoms with Gasteiger partial charge in [0.15, 0.2) is 0 Å². The van der Waals surface area contributed by atoms with Crippen molar-refractivity contribution in [2.24, 2.45) is 0 Å². The van der Waals surface area contributed by atoms with E-state index in [0.29, 0.717) is 41.4 Å². The average Bonchev–Trinajstić information content (AvgIpc) is 2.85. The van der Waals surface area contributed by atoms with Crippen molar-refractivity contribution in [1.29, 1.82) is 0 Å². The molecule has 3 rings (SSSR count). The molecular weight excluding hydrogens is 301 g/mol. The molecule has 4 nitrogen and oxygen atoms in total. The number of hydrogen-bond acceptors (Lipinski definition) is 3. The third-order valence-corrected chi connectivity index (χ3v) is 5.10. The van der Waals surface area contributed by atoms with Crippen molar-refractivity contribution < 1.29 is 15.0 Å². The zero-order valence-corrected chi connectivity index (χ0v) is 12.2. The van der Waals surface area contributed by atoms with E-state index in [9.17, 15) is 15.0 Å². The van der Waals surface area contributed by atoms with Crippen LogP contribution < -0.4 is 0 Å². The summed E-state index contributed by atoms with van der Waals surface area (Å²) in [4.78, 5) is 13.6. The van der Waals surface area contributed by atoms with Crippen molar-refractivity contribution in [3.05, 3.63) is 27.7 Å². The molecule has 1 amide bonds. The minimum atomic E-state index is -0.502. The number of hydrogen-bond donors (Lipinski definition) is 2. The highest BCUT2D eigenvalue weighted by Crippen LogP contribution is 2.44. The number of carbonyl (C=O) groups is 1. The topological polar surface area (TPSA) is 60.8 Å². The lowest BCUT2D eigenvalue weighted by molar-refractivity contribution is -0.139. The molecule has 2 heterocycles. The van der Waals surface area contributed by atoms with Crippen molar-refractivity contribution in [2.75, 3.05) is 6.54 Å². The molecule has 0 bridgehead atoms. The normalized spacial score (nSPS) is 29.6. The number of piperidine rings is 1. The zero-order valence-electron chi connectivity index (χ0n) is 10.7. The van der Waals surface area contributed by atoms with Crippen LogP contribution in [0.15, 0.2) is 12.1 Å². The fraction of sp³-hybridized carbons (Fsp3) is 0.500. The first-order valence-electron chi connectivity index (χ1n) is 6.63. The summed E-state index contributed by atoms with van der Waals surface area (Å²) in [7, 11) is 0. The average molecular weight is 316 g/mol. The quantitative estimate of drug-likeness (QED) is 0.837. The Labute approximate surface area is 126 Å². The summed E-state index contributed by atoms with van der Waals surface area (Å²) in [5.74, 6) is 0.0505. The van der Waals surface area contributed by atoms with E-state index in [1.165, 1.54) is 6.07 Å². The molecule has 0 saturated carbocycles. The van der Waals surface area contributed by atoms with Crippen molar-refractivity contribution in [1.82, 2.24) is 4.90 Å². The van der Waals surface area contributed by atoms with E-state index in [0.717, 1.165) is 0 Å². The van der Waals surface area contributed by atoms with Crippen molar-refractivity contribution in [3.8, 4) is 5.75 Å². The van der Waals surface area contributed by atoms with Gasteiger partial charge in [0.1, 0.15) is 5.75 Å². The summed E-state index contributed by atoms with van der Waals surface area (Å²) in [6.07, 6.45) is 0.972. The lowest BCUT2D eigenvalue weighted by Crippen LogP contribution is -2.47. The molecule has 2 saturated heterocycles. The predicted octanol–water partition coefficient (Wildman–Crippen LogP) is 2.54. The lowest BCUT2D eigenvalue weighted by atomic mass is 9.92. The first kappa shape index (κ1) is 14.0. The largest absolute Gasteiger partial charge is 0.508 e. The Bertz CT molecular complexity index is 564. The van der Waals surface area contributed by atoms with Crippen molar-refractivity contribution >= 4 is 29.1 Å². The van der Waals surface area contributed by atoms with Gasteiger partial charge in [0.2, 0.25) is 5.91 Å². The van der Waals surface area contributed by atoms with E-state index in [-0.39, 0.29) is 23.6 Å². The Hall–Kier alpha value is -0.970. The van der Waals surface area contributed by atoms with Crippen LogP contribution in [-0.4, -0.2) is 39.7 Å². The first-order chi connectivity index (χ1) is 9.49. The maximum atomic E-state index is 11.9. The van der Waals surface area contributed by atoms with Crippen LogP contribution in [0.4, 0.5) is 0 Å². The monoisotopic (exact) mass is 315 g/mol. The summed E-state index contributed by atoms with van der Waals surface area (Å²) >= 11 is 12.2. The molecule has 0 spiro atoms. The third-order valence-electron chi connectivity index (χ3n) is 4.28. The Kier molecular flexibility index (Phi) is 3.56. The van der Waals surface area contributed by atoms with E-state index in [2.05, 4.69) is 0 Å². The van der Waals surface area contributed by atoms with Crippen LogP contribution in [0.25, 0.3) is 0 Å². The van der Waals surface area contributed by atoms with Gasteiger partial charge in [-0.3, -0.25) is 4.79 Å². The van der Waals surface area contributed by atoms with Gasteiger partial charge >= 0.3 is 0 Å². The number of rotatable bonds is 1.